The Bertz CT molecular complexity index is 753. The van der Waals surface area contributed by atoms with Crippen molar-refractivity contribution in [2.24, 2.45) is 0 Å². The largest absolute Gasteiger partial charge is 0.435 e. The minimum Gasteiger partial charge on any atom is -0.435 e. The molecular weight excluding hydrogens is 345 g/mol. The zero-order valence-corrected chi connectivity index (χ0v) is 14.0. The zero-order chi connectivity index (χ0) is 18.5. The van der Waals surface area contributed by atoms with Gasteiger partial charge in [-0.3, -0.25) is 4.79 Å². The number of alkyl halides is 2. The van der Waals surface area contributed by atoms with Gasteiger partial charge in [-0.1, -0.05) is 24.3 Å². The highest BCUT2D eigenvalue weighted by Gasteiger charge is 2.29. The molecule has 1 amide bonds. The summed E-state index contributed by atoms with van der Waals surface area (Å²) in [7, 11) is 0. The fourth-order valence-corrected chi connectivity index (χ4v) is 2.97. The Kier molecular flexibility index (Phi) is 5.78. The number of likely N-dealkylation sites (tertiary alicyclic amines) is 1. The van der Waals surface area contributed by atoms with Crippen LogP contribution in [0.2, 0.25) is 0 Å². The molecule has 1 fully saturated rings. The number of nitrogens with one attached hydrogen (secondary N) is 1. The van der Waals surface area contributed by atoms with Crippen LogP contribution in [0.3, 0.4) is 0 Å². The second-order valence-corrected chi connectivity index (χ2v) is 6.21. The van der Waals surface area contributed by atoms with E-state index in [1.54, 1.807) is 29.2 Å². The number of hydrogen-bond donors (Lipinski definition) is 1. The standard InChI is InChI=1S/C19H19F3N2O2/c20-15-3-1-2-14(8-15)11-24-12-16(9-18(24)25)23-10-13-4-6-17(7-5-13)26-19(21)22/h1-8,16,19,23H,9-12H2/t16-/m0/s1. The number of ether oxygens (including phenoxy) is 1. The molecule has 138 valence electrons. The van der Waals surface area contributed by atoms with E-state index >= 15 is 0 Å². The third-order valence-corrected chi connectivity index (χ3v) is 4.22. The third-order valence-electron chi connectivity index (χ3n) is 4.22. The number of carbonyl (C=O) groups excluding carboxylic acids is 1. The van der Waals surface area contributed by atoms with Crippen LogP contribution >= 0.6 is 0 Å². The van der Waals surface area contributed by atoms with Crippen LogP contribution in [0.25, 0.3) is 0 Å². The number of rotatable bonds is 7. The summed E-state index contributed by atoms with van der Waals surface area (Å²) in [6.45, 7) is -1.40. The highest BCUT2D eigenvalue weighted by atomic mass is 19.3. The van der Waals surface area contributed by atoms with E-state index in [0.717, 1.165) is 11.1 Å². The van der Waals surface area contributed by atoms with Gasteiger partial charge >= 0.3 is 6.61 Å². The van der Waals surface area contributed by atoms with Crippen LogP contribution in [0.15, 0.2) is 48.5 Å². The van der Waals surface area contributed by atoms with Gasteiger partial charge in [-0.15, -0.1) is 0 Å². The van der Waals surface area contributed by atoms with E-state index in [1.165, 1.54) is 24.3 Å². The lowest BCUT2D eigenvalue weighted by molar-refractivity contribution is -0.128. The molecule has 1 saturated heterocycles. The average Bonchev–Trinajstić information content (AvgIpc) is 2.93. The summed E-state index contributed by atoms with van der Waals surface area (Å²) in [5.74, 6) is -0.184. The van der Waals surface area contributed by atoms with Crippen molar-refractivity contribution in [2.45, 2.75) is 32.2 Å². The van der Waals surface area contributed by atoms with Gasteiger partial charge in [0.2, 0.25) is 5.91 Å². The Labute approximate surface area is 149 Å². The monoisotopic (exact) mass is 364 g/mol. The molecular formula is C19H19F3N2O2. The molecule has 0 aliphatic carbocycles. The first-order chi connectivity index (χ1) is 12.5. The smallest absolute Gasteiger partial charge is 0.387 e. The number of halogens is 3. The molecule has 0 saturated carbocycles. The molecule has 0 unspecified atom stereocenters. The van der Waals surface area contributed by atoms with E-state index in [2.05, 4.69) is 10.1 Å². The van der Waals surface area contributed by atoms with E-state index in [4.69, 9.17) is 0 Å². The number of nitrogens with zero attached hydrogens (tertiary/aromatic N) is 1. The first-order valence-electron chi connectivity index (χ1n) is 8.29. The lowest BCUT2D eigenvalue weighted by atomic mass is 10.2. The topological polar surface area (TPSA) is 41.6 Å². The molecule has 1 heterocycles. The van der Waals surface area contributed by atoms with Gasteiger partial charge in [-0.25, -0.2) is 4.39 Å². The van der Waals surface area contributed by atoms with Gasteiger partial charge in [-0.05, 0) is 35.4 Å². The van der Waals surface area contributed by atoms with Gasteiger partial charge < -0.3 is 15.0 Å². The van der Waals surface area contributed by atoms with E-state index in [-0.39, 0.29) is 23.5 Å². The predicted octanol–water partition coefficient (Wildman–Crippen LogP) is 3.32. The molecule has 0 aromatic heterocycles. The van der Waals surface area contributed by atoms with Gasteiger partial charge in [0.05, 0.1) is 0 Å². The SMILES string of the molecule is O=C1C[C@H](NCc2ccc(OC(F)F)cc2)CN1Cc1cccc(F)c1. The summed E-state index contributed by atoms with van der Waals surface area (Å²) in [5, 5.41) is 3.29. The fourth-order valence-electron chi connectivity index (χ4n) is 2.97. The van der Waals surface area contributed by atoms with Crippen molar-refractivity contribution in [3.8, 4) is 5.75 Å². The summed E-state index contributed by atoms with van der Waals surface area (Å²) < 4.78 is 41.8. The molecule has 1 N–H and O–H groups in total. The molecule has 26 heavy (non-hydrogen) atoms. The highest BCUT2D eigenvalue weighted by Crippen LogP contribution is 2.18. The summed E-state index contributed by atoms with van der Waals surface area (Å²) >= 11 is 0. The zero-order valence-electron chi connectivity index (χ0n) is 14.0. The van der Waals surface area contributed by atoms with Crippen LogP contribution in [0.4, 0.5) is 13.2 Å². The molecule has 4 nitrogen and oxygen atoms in total. The molecule has 1 aliphatic rings. The average molecular weight is 364 g/mol. The Morgan fingerprint density at radius 2 is 1.92 bits per heavy atom. The van der Waals surface area contributed by atoms with Gasteiger partial charge in [-0.2, -0.15) is 8.78 Å². The lowest BCUT2D eigenvalue weighted by Gasteiger charge is -2.17. The van der Waals surface area contributed by atoms with Crippen molar-refractivity contribution in [3.63, 3.8) is 0 Å². The van der Waals surface area contributed by atoms with Gasteiger partial charge in [0.1, 0.15) is 11.6 Å². The molecule has 0 radical (unpaired) electrons. The minimum atomic E-state index is -2.84. The second-order valence-electron chi connectivity index (χ2n) is 6.21. The Morgan fingerprint density at radius 3 is 2.62 bits per heavy atom. The van der Waals surface area contributed by atoms with Crippen molar-refractivity contribution >= 4 is 5.91 Å². The summed E-state index contributed by atoms with van der Waals surface area (Å²) in [5.41, 5.74) is 1.66. The minimum absolute atomic E-state index is 0.00644. The maximum absolute atomic E-state index is 13.3. The first-order valence-corrected chi connectivity index (χ1v) is 8.29. The van der Waals surface area contributed by atoms with Gasteiger partial charge in [0.25, 0.3) is 0 Å². The fraction of sp³-hybridized carbons (Fsp3) is 0.316. The predicted molar refractivity (Wildman–Crippen MR) is 90.1 cm³/mol. The molecule has 7 heteroatoms. The molecule has 0 spiro atoms. The van der Waals surface area contributed by atoms with Crippen molar-refractivity contribution in [1.82, 2.24) is 10.2 Å². The van der Waals surface area contributed by atoms with E-state index < -0.39 is 6.61 Å². The second kappa shape index (κ2) is 8.23. The van der Waals surface area contributed by atoms with Crippen molar-refractivity contribution < 1.29 is 22.7 Å². The quantitative estimate of drug-likeness (QED) is 0.820. The van der Waals surface area contributed by atoms with Crippen LogP contribution in [-0.2, 0) is 17.9 Å². The van der Waals surface area contributed by atoms with E-state index in [9.17, 15) is 18.0 Å². The van der Waals surface area contributed by atoms with E-state index in [1.807, 2.05) is 0 Å². The van der Waals surface area contributed by atoms with Crippen LogP contribution in [0.1, 0.15) is 17.5 Å². The molecule has 0 bridgehead atoms. The first kappa shape index (κ1) is 18.3. The van der Waals surface area contributed by atoms with Gasteiger partial charge in [0, 0.05) is 32.1 Å². The Hall–Kier alpha value is -2.54. The molecule has 1 atom stereocenters. The van der Waals surface area contributed by atoms with Gasteiger partial charge in [0.15, 0.2) is 0 Å². The summed E-state index contributed by atoms with van der Waals surface area (Å²) in [4.78, 5) is 13.8. The third kappa shape index (κ3) is 4.98. The van der Waals surface area contributed by atoms with E-state index in [0.29, 0.717) is 26.1 Å². The maximum Gasteiger partial charge on any atom is 0.387 e. The van der Waals surface area contributed by atoms with Crippen molar-refractivity contribution in [2.75, 3.05) is 6.54 Å². The highest BCUT2D eigenvalue weighted by molar-refractivity contribution is 5.79. The van der Waals surface area contributed by atoms with Crippen LogP contribution in [0, 0.1) is 5.82 Å². The number of benzene rings is 2. The summed E-state index contributed by atoms with van der Waals surface area (Å²) in [6, 6.07) is 12.6. The van der Waals surface area contributed by atoms with Crippen molar-refractivity contribution in [1.29, 1.82) is 0 Å². The summed E-state index contributed by atoms with van der Waals surface area (Å²) in [6.07, 6.45) is 0.377. The Morgan fingerprint density at radius 1 is 1.15 bits per heavy atom. The number of carbonyl (C=O) groups is 1. The number of amides is 1. The molecule has 2 aromatic rings. The van der Waals surface area contributed by atoms with Crippen LogP contribution in [-0.4, -0.2) is 30.0 Å². The molecule has 1 aliphatic heterocycles. The lowest BCUT2D eigenvalue weighted by Crippen LogP contribution is -2.32. The number of hydrogen-bond acceptors (Lipinski definition) is 3. The van der Waals surface area contributed by atoms with Crippen LogP contribution in [0.5, 0.6) is 5.75 Å². The van der Waals surface area contributed by atoms with Crippen LogP contribution < -0.4 is 10.1 Å². The normalized spacial score (nSPS) is 17.2. The molecule has 2 aromatic carbocycles. The Balaban J connectivity index is 1.49. The maximum atomic E-state index is 13.3. The van der Waals surface area contributed by atoms with Crippen molar-refractivity contribution in [3.05, 3.63) is 65.5 Å². The molecule has 3 rings (SSSR count).